The molecule has 4 nitrogen and oxygen atoms in total. The molecule has 3 aromatic rings. The molecule has 35 heavy (non-hydrogen) atoms. The van der Waals surface area contributed by atoms with E-state index < -0.39 is 0 Å². The van der Waals surface area contributed by atoms with Crippen LogP contribution in [-0.2, 0) is 0 Å². The monoisotopic (exact) mass is 471 g/mol. The summed E-state index contributed by atoms with van der Waals surface area (Å²) >= 11 is 0. The van der Waals surface area contributed by atoms with E-state index in [0.29, 0.717) is 18.4 Å². The number of aromatic hydroxyl groups is 1. The summed E-state index contributed by atoms with van der Waals surface area (Å²) in [6.07, 6.45) is 1.05. The van der Waals surface area contributed by atoms with Gasteiger partial charge in [0.05, 0.1) is 0 Å². The van der Waals surface area contributed by atoms with Crippen molar-refractivity contribution in [2.24, 2.45) is 11.8 Å². The number of phenolic OH excluding ortho intramolecular Hbond substituents is 1. The van der Waals surface area contributed by atoms with Crippen LogP contribution in [0.4, 0.5) is 4.39 Å². The normalized spacial score (nSPS) is 23.9. The van der Waals surface area contributed by atoms with Crippen LogP contribution < -0.4 is 9.47 Å². The molecule has 180 valence electrons. The standard InChI is InChI=1S/C30H30FNO3/c1-18(32-15-22-13-23(22)16-32)17-34-26-10-5-21(6-11-26)30-29(20-3-7-24(31)8-4-20)19(2)27-14-25(33)9-12-28(27)35-30/h3-12,14,18,22-23,30,33H,13,15-17H2,1-2H3/t18-,22?,23?,30?/m0/s1. The highest BCUT2D eigenvalue weighted by atomic mass is 19.1. The Bertz CT molecular complexity index is 1260. The zero-order valence-electron chi connectivity index (χ0n) is 20.1. The fourth-order valence-corrected chi connectivity index (χ4v) is 5.53. The lowest BCUT2D eigenvalue weighted by Gasteiger charge is -2.31. The molecule has 0 radical (unpaired) electrons. The molecule has 1 saturated heterocycles. The molecule has 6 rings (SSSR count). The number of phenols is 1. The number of nitrogens with zero attached hydrogens (tertiary/aromatic N) is 1. The number of allylic oxidation sites excluding steroid dienone is 1. The first-order valence-corrected chi connectivity index (χ1v) is 12.4. The van der Waals surface area contributed by atoms with E-state index >= 15 is 0 Å². The van der Waals surface area contributed by atoms with Gasteiger partial charge in [0.15, 0.2) is 0 Å². The van der Waals surface area contributed by atoms with Gasteiger partial charge in [0, 0.05) is 30.3 Å². The van der Waals surface area contributed by atoms with Crippen LogP contribution in [-0.4, -0.2) is 35.7 Å². The summed E-state index contributed by atoms with van der Waals surface area (Å²) in [7, 11) is 0. The zero-order valence-corrected chi connectivity index (χ0v) is 20.1. The van der Waals surface area contributed by atoms with Crippen molar-refractivity contribution in [3.05, 3.63) is 89.2 Å². The van der Waals surface area contributed by atoms with Gasteiger partial charge in [0.1, 0.15) is 35.8 Å². The first-order chi connectivity index (χ1) is 17.0. The molecule has 1 N–H and O–H groups in total. The summed E-state index contributed by atoms with van der Waals surface area (Å²) in [6, 6.07) is 20.1. The predicted octanol–water partition coefficient (Wildman–Crippen LogP) is 6.31. The van der Waals surface area contributed by atoms with Crippen molar-refractivity contribution < 1.29 is 19.0 Å². The van der Waals surface area contributed by atoms with Gasteiger partial charge < -0.3 is 14.6 Å². The highest BCUT2D eigenvalue weighted by molar-refractivity contribution is 5.95. The molecule has 0 aromatic heterocycles. The molecule has 5 heteroatoms. The molecule has 1 saturated carbocycles. The van der Waals surface area contributed by atoms with Gasteiger partial charge in [-0.05, 0) is 91.3 Å². The van der Waals surface area contributed by atoms with E-state index in [2.05, 4.69) is 11.8 Å². The van der Waals surface area contributed by atoms with Gasteiger partial charge in [0.25, 0.3) is 0 Å². The molecule has 3 aliphatic rings. The minimum atomic E-state index is -0.359. The first kappa shape index (κ1) is 22.2. The lowest BCUT2D eigenvalue weighted by atomic mass is 9.86. The van der Waals surface area contributed by atoms with Crippen LogP contribution in [0, 0.1) is 17.7 Å². The summed E-state index contributed by atoms with van der Waals surface area (Å²) in [5.74, 6) is 3.32. The van der Waals surface area contributed by atoms with Crippen LogP contribution in [0.15, 0.2) is 66.7 Å². The van der Waals surface area contributed by atoms with Crippen molar-refractivity contribution in [3.63, 3.8) is 0 Å². The van der Waals surface area contributed by atoms with Gasteiger partial charge in [-0.1, -0.05) is 24.3 Å². The van der Waals surface area contributed by atoms with Gasteiger partial charge in [0.2, 0.25) is 0 Å². The minimum absolute atomic E-state index is 0.185. The Hall–Kier alpha value is -3.31. The minimum Gasteiger partial charge on any atom is -0.508 e. The number of ether oxygens (including phenoxy) is 2. The van der Waals surface area contributed by atoms with Gasteiger partial charge >= 0.3 is 0 Å². The third-order valence-electron chi connectivity index (χ3n) is 7.74. The number of hydrogen-bond donors (Lipinski definition) is 1. The van der Waals surface area contributed by atoms with E-state index in [1.165, 1.54) is 31.6 Å². The Kier molecular flexibility index (Phi) is 5.53. The quantitative estimate of drug-likeness (QED) is 0.457. The van der Waals surface area contributed by atoms with Crippen LogP contribution in [0.3, 0.4) is 0 Å². The maximum Gasteiger partial charge on any atom is 0.150 e. The Morgan fingerprint density at radius 3 is 2.46 bits per heavy atom. The van der Waals surface area contributed by atoms with Crippen LogP contribution in [0.5, 0.6) is 17.2 Å². The highest BCUT2D eigenvalue weighted by Gasteiger charge is 2.46. The summed E-state index contributed by atoms with van der Waals surface area (Å²) < 4.78 is 26.2. The average Bonchev–Trinajstić information content (AvgIpc) is 3.48. The van der Waals surface area contributed by atoms with Gasteiger partial charge in [-0.2, -0.15) is 0 Å². The van der Waals surface area contributed by atoms with Crippen molar-refractivity contribution in [1.29, 1.82) is 0 Å². The SMILES string of the molecule is CC1=C(c2ccc(F)cc2)C(c2ccc(OC[C@H](C)N3CC4CC4C3)cc2)Oc2ccc(O)cc21. The Morgan fingerprint density at radius 1 is 1.03 bits per heavy atom. The molecule has 0 bridgehead atoms. The van der Waals surface area contributed by atoms with E-state index in [-0.39, 0.29) is 17.7 Å². The first-order valence-electron chi connectivity index (χ1n) is 12.4. The molecule has 0 spiro atoms. The van der Waals surface area contributed by atoms with Crippen molar-refractivity contribution in [2.75, 3.05) is 19.7 Å². The second-order valence-electron chi connectivity index (χ2n) is 10.2. The molecule has 4 atom stereocenters. The third-order valence-corrected chi connectivity index (χ3v) is 7.74. The molecular formula is C30H30FNO3. The highest BCUT2D eigenvalue weighted by Crippen LogP contribution is 2.48. The number of fused-ring (bicyclic) bond motifs is 2. The molecular weight excluding hydrogens is 441 g/mol. The summed E-state index contributed by atoms with van der Waals surface area (Å²) in [6.45, 7) is 7.37. The molecule has 2 heterocycles. The number of halogens is 1. The molecule has 3 aromatic carbocycles. The lowest BCUT2D eigenvalue weighted by Crippen LogP contribution is -2.36. The van der Waals surface area contributed by atoms with Crippen LogP contribution >= 0.6 is 0 Å². The van der Waals surface area contributed by atoms with E-state index in [4.69, 9.17) is 9.47 Å². The van der Waals surface area contributed by atoms with E-state index in [1.807, 2.05) is 31.2 Å². The third kappa shape index (κ3) is 4.30. The fraction of sp³-hybridized carbons (Fsp3) is 0.333. The summed E-state index contributed by atoms with van der Waals surface area (Å²) in [5.41, 5.74) is 4.67. The summed E-state index contributed by atoms with van der Waals surface area (Å²) in [4.78, 5) is 2.54. The van der Waals surface area contributed by atoms with Crippen molar-refractivity contribution >= 4 is 11.1 Å². The molecule has 1 aliphatic carbocycles. The Morgan fingerprint density at radius 2 is 1.74 bits per heavy atom. The maximum absolute atomic E-state index is 13.7. The number of benzene rings is 3. The Balaban J connectivity index is 1.25. The number of piperidine rings is 1. The second kappa shape index (κ2) is 8.72. The van der Waals surface area contributed by atoms with Crippen LogP contribution in [0.2, 0.25) is 0 Å². The fourth-order valence-electron chi connectivity index (χ4n) is 5.53. The molecule has 3 unspecified atom stereocenters. The van der Waals surface area contributed by atoms with E-state index in [1.54, 1.807) is 30.3 Å². The predicted molar refractivity (Wildman–Crippen MR) is 135 cm³/mol. The number of hydrogen-bond acceptors (Lipinski definition) is 4. The van der Waals surface area contributed by atoms with Crippen LogP contribution in [0.25, 0.3) is 11.1 Å². The summed E-state index contributed by atoms with van der Waals surface area (Å²) in [5, 5.41) is 10.0. The molecule has 2 aliphatic heterocycles. The van der Waals surface area contributed by atoms with E-state index in [9.17, 15) is 9.50 Å². The Labute approximate surface area is 205 Å². The lowest BCUT2D eigenvalue weighted by molar-refractivity contribution is 0.160. The van der Waals surface area contributed by atoms with Crippen molar-refractivity contribution in [1.82, 2.24) is 4.90 Å². The van der Waals surface area contributed by atoms with E-state index in [0.717, 1.165) is 45.4 Å². The van der Waals surface area contributed by atoms with Crippen molar-refractivity contribution in [3.8, 4) is 17.2 Å². The zero-order chi connectivity index (χ0) is 24.1. The van der Waals surface area contributed by atoms with Crippen molar-refractivity contribution in [2.45, 2.75) is 32.4 Å². The molecule has 2 fully saturated rings. The van der Waals surface area contributed by atoms with Gasteiger partial charge in [-0.15, -0.1) is 0 Å². The second-order valence-corrected chi connectivity index (χ2v) is 10.2. The van der Waals surface area contributed by atoms with Gasteiger partial charge in [-0.25, -0.2) is 4.39 Å². The smallest absolute Gasteiger partial charge is 0.150 e. The molecule has 0 amide bonds. The van der Waals surface area contributed by atoms with Crippen LogP contribution in [0.1, 0.15) is 43.1 Å². The topological polar surface area (TPSA) is 41.9 Å². The number of rotatable bonds is 6. The van der Waals surface area contributed by atoms with Gasteiger partial charge in [-0.3, -0.25) is 4.90 Å². The largest absolute Gasteiger partial charge is 0.508 e. The number of likely N-dealkylation sites (tertiary alicyclic amines) is 1. The average molecular weight is 472 g/mol. The maximum atomic E-state index is 13.7.